The van der Waals surface area contributed by atoms with Crippen molar-refractivity contribution in [2.24, 2.45) is 0 Å². The van der Waals surface area contributed by atoms with Crippen molar-refractivity contribution in [1.82, 2.24) is 5.32 Å². The Hall–Kier alpha value is -2.17. The number of benzene rings is 1. The van der Waals surface area contributed by atoms with Crippen molar-refractivity contribution in [3.8, 4) is 0 Å². The van der Waals surface area contributed by atoms with Gasteiger partial charge in [0.1, 0.15) is 0 Å². The van der Waals surface area contributed by atoms with Crippen LogP contribution in [0.1, 0.15) is 120 Å². The zero-order valence-corrected chi connectivity index (χ0v) is 19.9. The number of hydrogen-bond acceptors (Lipinski definition) is 3. The normalized spacial score (nSPS) is 11.8. The Morgan fingerprint density at radius 2 is 1.16 bits per heavy atom. The molecule has 0 saturated heterocycles. The van der Waals surface area contributed by atoms with E-state index in [9.17, 15) is 19.5 Å². The number of carboxylic acids is 1. The minimum absolute atomic E-state index is 0.254. The van der Waals surface area contributed by atoms with Gasteiger partial charge in [-0.3, -0.25) is 9.59 Å². The summed E-state index contributed by atoms with van der Waals surface area (Å²) in [5, 5.41) is 11.7. The van der Waals surface area contributed by atoms with Gasteiger partial charge in [-0.15, -0.1) is 0 Å². The predicted molar refractivity (Wildman–Crippen MR) is 130 cm³/mol. The first-order valence-corrected chi connectivity index (χ1v) is 12.7. The van der Waals surface area contributed by atoms with E-state index >= 15 is 0 Å². The minimum Gasteiger partial charge on any atom is -0.479 e. The molecule has 5 heteroatoms. The summed E-state index contributed by atoms with van der Waals surface area (Å²) >= 11 is 0. The topological polar surface area (TPSA) is 83.5 Å². The lowest BCUT2D eigenvalue weighted by Gasteiger charge is -2.13. The highest BCUT2D eigenvalue weighted by Gasteiger charge is 2.28. The minimum atomic E-state index is -1.53. The Bertz CT molecular complexity index is 644. The fourth-order valence-corrected chi connectivity index (χ4v) is 3.90. The standard InChI is InChI=1S/C27H43NO4/c1-2-3-4-5-6-7-8-9-10-11-12-13-14-15-19-22-24(29)28-25(27(31)32)26(30)23-20-17-16-18-21-23/h16-18,20-21,25H,2-15,19,22H2,1H3,(H,28,29)(H,31,32). The molecule has 0 heterocycles. The molecule has 180 valence electrons. The lowest BCUT2D eigenvalue weighted by molar-refractivity contribution is -0.140. The fourth-order valence-electron chi connectivity index (χ4n) is 3.90. The van der Waals surface area contributed by atoms with Gasteiger partial charge in [-0.2, -0.15) is 0 Å². The SMILES string of the molecule is CCCCCCCCCCCCCCCCCC(=O)NC(C(=O)O)C(=O)c1ccccc1. The molecule has 1 amide bonds. The van der Waals surface area contributed by atoms with E-state index < -0.39 is 17.8 Å². The van der Waals surface area contributed by atoms with Crippen LogP contribution in [-0.4, -0.2) is 28.8 Å². The number of amides is 1. The van der Waals surface area contributed by atoms with Gasteiger partial charge in [0.25, 0.3) is 0 Å². The summed E-state index contributed by atoms with van der Waals surface area (Å²) in [5.41, 5.74) is 0.284. The van der Waals surface area contributed by atoms with Gasteiger partial charge in [0, 0.05) is 12.0 Å². The van der Waals surface area contributed by atoms with Crippen LogP contribution in [0.15, 0.2) is 30.3 Å². The third kappa shape index (κ3) is 13.3. The summed E-state index contributed by atoms with van der Waals surface area (Å²) in [5.74, 6) is -2.30. The smallest absolute Gasteiger partial charge is 0.334 e. The number of nitrogens with one attached hydrogen (secondary N) is 1. The molecule has 0 aliphatic rings. The molecule has 0 aliphatic carbocycles. The first-order valence-electron chi connectivity index (χ1n) is 12.7. The van der Waals surface area contributed by atoms with Gasteiger partial charge >= 0.3 is 5.97 Å². The monoisotopic (exact) mass is 445 g/mol. The van der Waals surface area contributed by atoms with Gasteiger partial charge in [-0.05, 0) is 6.42 Å². The van der Waals surface area contributed by atoms with Gasteiger partial charge in [-0.1, -0.05) is 127 Å². The highest BCUT2D eigenvalue weighted by atomic mass is 16.4. The molecule has 0 fully saturated rings. The number of rotatable bonds is 20. The van der Waals surface area contributed by atoms with Gasteiger partial charge in [0.05, 0.1) is 0 Å². The Kier molecular flexibility index (Phi) is 16.0. The van der Waals surface area contributed by atoms with E-state index in [0.717, 1.165) is 19.3 Å². The average molecular weight is 446 g/mol. The van der Waals surface area contributed by atoms with Crippen LogP contribution in [0.5, 0.6) is 0 Å². The lowest BCUT2D eigenvalue weighted by Crippen LogP contribution is -2.46. The molecule has 1 rings (SSSR count). The molecule has 0 aliphatic heterocycles. The number of ketones is 1. The second-order valence-corrected chi connectivity index (χ2v) is 8.77. The van der Waals surface area contributed by atoms with E-state index in [1.54, 1.807) is 30.3 Å². The summed E-state index contributed by atoms with van der Waals surface area (Å²) in [6.07, 6.45) is 19.0. The number of unbranched alkanes of at least 4 members (excludes halogenated alkanes) is 14. The molecule has 5 nitrogen and oxygen atoms in total. The highest BCUT2D eigenvalue weighted by molar-refractivity contribution is 6.13. The van der Waals surface area contributed by atoms with Crippen molar-refractivity contribution in [3.05, 3.63) is 35.9 Å². The van der Waals surface area contributed by atoms with E-state index in [2.05, 4.69) is 12.2 Å². The maximum atomic E-state index is 12.3. The molecule has 0 bridgehead atoms. The van der Waals surface area contributed by atoms with Crippen molar-refractivity contribution in [2.45, 2.75) is 116 Å². The summed E-state index contributed by atoms with van der Waals surface area (Å²) < 4.78 is 0. The number of carbonyl (C=O) groups excluding carboxylic acids is 2. The maximum Gasteiger partial charge on any atom is 0.334 e. The van der Waals surface area contributed by atoms with Crippen LogP contribution in [0, 0.1) is 0 Å². The Morgan fingerprint density at radius 1 is 0.719 bits per heavy atom. The molecule has 0 spiro atoms. The van der Waals surface area contributed by atoms with Gasteiger partial charge in [-0.25, -0.2) is 4.79 Å². The summed E-state index contributed by atoms with van der Waals surface area (Å²) in [4.78, 5) is 35.9. The van der Waals surface area contributed by atoms with Crippen LogP contribution in [-0.2, 0) is 9.59 Å². The van der Waals surface area contributed by atoms with E-state index in [1.165, 1.54) is 77.0 Å². The highest BCUT2D eigenvalue weighted by Crippen LogP contribution is 2.14. The summed E-state index contributed by atoms with van der Waals surface area (Å²) in [6.45, 7) is 2.25. The van der Waals surface area contributed by atoms with E-state index in [-0.39, 0.29) is 17.9 Å². The number of hydrogen-bond donors (Lipinski definition) is 2. The molecule has 1 unspecified atom stereocenters. The van der Waals surface area contributed by atoms with Crippen LogP contribution in [0.2, 0.25) is 0 Å². The maximum absolute atomic E-state index is 12.3. The summed E-state index contributed by atoms with van der Waals surface area (Å²) in [7, 11) is 0. The van der Waals surface area contributed by atoms with Crippen LogP contribution in [0.3, 0.4) is 0 Å². The van der Waals surface area contributed by atoms with E-state index in [0.29, 0.717) is 0 Å². The largest absolute Gasteiger partial charge is 0.479 e. The van der Waals surface area contributed by atoms with E-state index in [1.807, 2.05) is 0 Å². The second-order valence-electron chi connectivity index (χ2n) is 8.77. The molecule has 0 radical (unpaired) electrons. The van der Waals surface area contributed by atoms with Crippen LogP contribution >= 0.6 is 0 Å². The number of carboxylic acid groups (broad SMARTS) is 1. The molecule has 1 aromatic carbocycles. The Balaban J connectivity index is 2.03. The third-order valence-electron chi connectivity index (χ3n) is 5.88. The van der Waals surface area contributed by atoms with Crippen molar-refractivity contribution in [1.29, 1.82) is 0 Å². The van der Waals surface area contributed by atoms with Crippen molar-refractivity contribution in [3.63, 3.8) is 0 Å². The molecule has 2 N–H and O–H groups in total. The molecule has 1 atom stereocenters. The zero-order valence-electron chi connectivity index (χ0n) is 19.9. The predicted octanol–water partition coefficient (Wildman–Crippen LogP) is 6.70. The number of Topliss-reactive ketones (excluding diaryl/α,β-unsaturated/α-hetero) is 1. The van der Waals surface area contributed by atoms with Gasteiger partial charge < -0.3 is 10.4 Å². The first kappa shape index (κ1) is 27.9. The van der Waals surface area contributed by atoms with Gasteiger partial charge in [0.2, 0.25) is 5.91 Å². The fraction of sp³-hybridized carbons (Fsp3) is 0.667. The molecule has 1 aromatic rings. The molecule has 32 heavy (non-hydrogen) atoms. The molecular formula is C27H43NO4. The number of carbonyl (C=O) groups is 3. The lowest BCUT2D eigenvalue weighted by atomic mass is 10.0. The summed E-state index contributed by atoms with van der Waals surface area (Å²) in [6, 6.07) is 6.67. The molecular weight excluding hydrogens is 402 g/mol. The van der Waals surface area contributed by atoms with Crippen molar-refractivity contribution >= 4 is 17.7 Å². The Labute approximate surface area is 194 Å². The van der Waals surface area contributed by atoms with E-state index in [4.69, 9.17) is 0 Å². The molecule has 0 aromatic heterocycles. The third-order valence-corrected chi connectivity index (χ3v) is 5.88. The average Bonchev–Trinajstić information content (AvgIpc) is 2.80. The number of aliphatic carboxylic acids is 1. The zero-order chi connectivity index (χ0) is 23.4. The van der Waals surface area contributed by atoms with Crippen molar-refractivity contribution in [2.75, 3.05) is 0 Å². The van der Waals surface area contributed by atoms with Crippen LogP contribution in [0.4, 0.5) is 0 Å². The van der Waals surface area contributed by atoms with Gasteiger partial charge in [0.15, 0.2) is 11.8 Å². The quantitative estimate of drug-likeness (QED) is 0.133. The van der Waals surface area contributed by atoms with Crippen LogP contribution in [0.25, 0.3) is 0 Å². The second kappa shape index (κ2) is 18.4. The first-order chi connectivity index (χ1) is 15.6. The Morgan fingerprint density at radius 3 is 1.59 bits per heavy atom. The van der Waals surface area contributed by atoms with Crippen molar-refractivity contribution < 1.29 is 19.5 Å². The molecule has 0 saturated carbocycles. The van der Waals surface area contributed by atoms with Crippen LogP contribution < -0.4 is 5.32 Å².